The number of rotatable bonds is 6. The minimum atomic E-state index is -3.73. The molecule has 0 unspecified atom stereocenters. The van der Waals surface area contributed by atoms with Crippen LogP contribution in [0.4, 0.5) is 0 Å². The first-order chi connectivity index (χ1) is 13.4. The van der Waals surface area contributed by atoms with E-state index in [4.69, 9.17) is 11.6 Å². The standard InChI is InChI=1S/C19H23ClN4O3S/c1-22(28(26,27)18-6-4-17(20)5-7-18)15-19(25)24-11-9-23(10-12-24)14-16-3-2-8-21-13-16/h2-8,13H,9-12,14-15H2,1H3. The zero-order valence-electron chi connectivity index (χ0n) is 15.7. The quantitative estimate of drug-likeness (QED) is 0.708. The van der Waals surface area contributed by atoms with E-state index in [9.17, 15) is 13.2 Å². The molecule has 9 heteroatoms. The lowest BCUT2D eigenvalue weighted by Crippen LogP contribution is -2.51. The van der Waals surface area contributed by atoms with Crippen molar-refractivity contribution < 1.29 is 13.2 Å². The third-order valence-electron chi connectivity index (χ3n) is 4.73. The number of hydrogen-bond donors (Lipinski definition) is 0. The van der Waals surface area contributed by atoms with Gasteiger partial charge in [0.1, 0.15) is 0 Å². The molecule has 1 amide bonds. The van der Waals surface area contributed by atoms with Gasteiger partial charge in [-0.25, -0.2) is 8.42 Å². The topological polar surface area (TPSA) is 73.8 Å². The number of nitrogens with zero attached hydrogens (tertiary/aromatic N) is 4. The molecule has 28 heavy (non-hydrogen) atoms. The highest BCUT2D eigenvalue weighted by Gasteiger charge is 2.27. The van der Waals surface area contributed by atoms with Gasteiger partial charge in [0.05, 0.1) is 11.4 Å². The zero-order chi connectivity index (χ0) is 20.1. The Labute approximate surface area is 170 Å². The monoisotopic (exact) mass is 422 g/mol. The number of pyridine rings is 1. The van der Waals surface area contributed by atoms with Gasteiger partial charge in [0, 0.05) is 57.2 Å². The molecule has 0 spiro atoms. The predicted octanol–water partition coefficient (Wildman–Crippen LogP) is 1.70. The molecule has 3 rings (SSSR count). The van der Waals surface area contributed by atoms with Gasteiger partial charge in [-0.15, -0.1) is 0 Å². The number of likely N-dealkylation sites (N-methyl/N-ethyl adjacent to an activating group) is 1. The molecule has 0 radical (unpaired) electrons. The molecule has 1 aromatic carbocycles. The fraction of sp³-hybridized carbons (Fsp3) is 0.368. The van der Waals surface area contributed by atoms with Crippen LogP contribution in [0.5, 0.6) is 0 Å². The Kier molecular flexibility index (Phi) is 6.66. The molecule has 150 valence electrons. The predicted molar refractivity (Wildman–Crippen MR) is 107 cm³/mol. The number of aromatic nitrogens is 1. The lowest BCUT2D eigenvalue weighted by molar-refractivity contribution is -0.133. The minimum Gasteiger partial charge on any atom is -0.339 e. The Morgan fingerprint density at radius 3 is 2.43 bits per heavy atom. The third-order valence-corrected chi connectivity index (χ3v) is 6.80. The van der Waals surface area contributed by atoms with E-state index in [1.807, 2.05) is 18.3 Å². The van der Waals surface area contributed by atoms with Crippen molar-refractivity contribution in [2.45, 2.75) is 11.4 Å². The maximum Gasteiger partial charge on any atom is 0.243 e. The lowest BCUT2D eigenvalue weighted by Gasteiger charge is -2.35. The molecule has 0 bridgehead atoms. The van der Waals surface area contributed by atoms with Gasteiger partial charge >= 0.3 is 0 Å². The van der Waals surface area contributed by atoms with Crippen molar-refractivity contribution >= 4 is 27.5 Å². The Balaban J connectivity index is 1.53. The molecule has 2 aromatic rings. The van der Waals surface area contributed by atoms with E-state index in [1.165, 1.54) is 31.3 Å². The van der Waals surface area contributed by atoms with E-state index in [0.29, 0.717) is 18.1 Å². The van der Waals surface area contributed by atoms with Gasteiger partial charge in [0.2, 0.25) is 15.9 Å². The number of hydrogen-bond acceptors (Lipinski definition) is 5. The van der Waals surface area contributed by atoms with Gasteiger partial charge in [0.15, 0.2) is 0 Å². The summed E-state index contributed by atoms with van der Waals surface area (Å²) in [5.74, 6) is -0.193. The Bertz CT molecular complexity index is 899. The molecule has 0 saturated carbocycles. The van der Waals surface area contributed by atoms with Crippen LogP contribution in [-0.2, 0) is 21.4 Å². The second kappa shape index (κ2) is 9.00. The summed E-state index contributed by atoms with van der Waals surface area (Å²) in [6, 6.07) is 9.86. The van der Waals surface area contributed by atoms with Gasteiger partial charge in [-0.3, -0.25) is 14.7 Å². The Morgan fingerprint density at radius 2 is 1.82 bits per heavy atom. The summed E-state index contributed by atoms with van der Waals surface area (Å²) in [6.07, 6.45) is 3.59. The molecule has 1 aliphatic heterocycles. The normalized spacial score (nSPS) is 15.8. The molecule has 0 aliphatic carbocycles. The smallest absolute Gasteiger partial charge is 0.243 e. The highest BCUT2D eigenvalue weighted by molar-refractivity contribution is 7.89. The average molecular weight is 423 g/mol. The van der Waals surface area contributed by atoms with Gasteiger partial charge < -0.3 is 4.90 Å². The van der Waals surface area contributed by atoms with Crippen molar-refractivity contribution in [2.75, 3.05) is 39.8 Å². The van der Waals surface area contributed by atoms with Crippen molar-refractivity contribution in [1.82, 2.24) is 19.1 Å². The van der Waals surface area contributed by atoms with Crippen LogP contribution in [0.1, 0.15) is 5.56 Å². The Hall–Kier alpha value is -2.00. The lowest BCUT2D eigenvalue weighted by atomic mass is 10.2. The van der Waals surface area contributed by atoms with Crippen LogP contribution in [0.15, 0.2) is 53.7 Å². The van der Waals surface area contributed by atoms with E-state index in [-0.39, 0.29) is 17.3 Å². The van der Waals surface area contributed by atoms with Crippen molar-refractivity contribution in [2.24, 2.45) is 0 Å². The number of halogens is 1. The number of amides is 1. The second-order valence-corrected chi connectivity index (χ2v) is 9.21. The fourth-order valence-electron chi connectivity index (χ4n) is 3.07. The molecular formula is C19H23ClN4O3S. The maximum atomic E-state index is 12.6. The van der Waals surface area contributed by atoms with Gasteiger partial charge in [-0.05, 0) is 35.9 Å². The average Bonchev–Trinajstić information content (AvgIpc) is 2.69. The van der Waals surface area contributed by atoms with Crippen LogP contribution in [0.2, 0.25) is 5.02 Å². The van der Waals surface area contributed by atoms with E-state index in [0.717, 1.165) is 29.5 Å². The van der Waals surface area contributed by atoms with Crippen LogP contribution in [0.25, 0.3) is 0 Å². The first-order valence-corrected chi connectivity index (χ1v) is 10.8. The van der Waals surface area contributed by atoms with Gasteiger partial charge in [-0.1, -0.05) is 17.7 Å². The second-order valence-electron chi connectivity index (χ2n) is 6.73. The first-order valence-electron chi connectivity index (χ1n) is 8.97. The van der Waals surface area contributed by atoms with Gasteiger partial charge in [0.25, 0.3) is 0 Å². The van der Waals surface area contributed by atoms with Crippen LogP contribution < -0.4 is 0 Å². The van der Waals surface area contributed by atoms with Crippen LogP contribution >= 0.6 is 11.6 Å². The first kappa shape index (κ1) is 20.7. The molecule has 0 N–H and O–H groups in total. The van der Waals surface area contributed by atoms with Crippen LogP contribution in [-0.4, -0.2) is 73.2 Å². The minimum absolute atomic E-state index is 0.119. The SMILES string of the molecule is CN(CC(=O)N1CCN(Cc2cccnc2)CC1)S(=O)(=O)c1ccc(Cl)cc1. The van der Waals surface area contributed by atoms with E-state index in [1.54, 1.807) is 11.1 Å². The van der Waals surface area contributed by atoms with E-state index in [2.05, 4.69) is 9.88 Å². The van der Waals surface area contributed by atoms with Crippen molar-refractivity contribution in [1.29, 1.82) is 0 Å². The van der Waals surface area contributed by atoms with E-state index >= 15 is 0 Å². The van der Waals surface area contributed by atoms with Crippen LogP contribution in [0, 0.1) is 0 Å². The van der Waals surface area contributed by atoms with Crippen molar-refractivity contribution in [3.8, 4) is 0 Å². The highest BCUT2D eigenvalue weighted by Crippen LogP contribution is 2.18. The number of piperazine rings is 1. The summed E-state index contributed by atoms with van der Waals surface area (Å²) in [7, 11) is -2.31. The molecule has 7 nitrogen and oxygen atoms in total. The number of sulfonamides is 1. The molecule has 1 fully saturated rings. The summed E-state index contributed by atoms with van der Waals surface area (Å²) in [5, 5.41) is 0.460. The summed E-state index contributed by atoms with van der Waals surface area (Å²) in [6.45, 7) is 3.25. The summed E-state index contributed by atoms with van der Waals surface area (Å²) >= 11 is 5.81. The molecule has 2 heterocycles. The summed E-state index contributed by atoms with van der Waals surface area (Å²) < 4.78 is 26.3. The van der Waals surface area contributed by atoms with Gasteiger partial charge in [-0.2, -0.15) is 4.31 Å². The fourth-order valence-corrected chi connectivity index (χ4v) is 4.31. The molecule has 0 atom stereocenters. The van der Waals surface area contributed by atoms with Crippen molar-refractivity contribution in [3.05, 3.63) is 59.4 Å². The Morgan fingerprint density at radius 1 is 1.14 bits per heavy atom. The zero-order valence-corrected chi connectivity index (χ0v) is 17.2. The van der Waals surface area contributed by atoms with Crippen LogP contribution in [0.3, 0.4) is 0 Å². The summed E-state index contributed by atoms with van der Waals surface area (Å²) in [5.41, 5.74) is 1.14. The molecule has 1 aliphatic rings. The highest BCUT2D eigenvalue weighted by atomic mass is 35.5. The van der Waals surface area contributed by atoms with E-state index < -0.39 is 10.0 Å². The molecular weight excluding hydrogens is 400 g/mol. The van der Waals surface area contributed by atoms with Crippen molar-refractivity contribution in [3.63, 3.8) is 0 Å². The number of carbonyl (C=O) groups is 1. The molecule has 1 aromatic heterocycles. The number of benzene rings is 1. The number of carbonyl (C=O) groups excluding carboxylic acids is 1. The largest absolute Gasteiger partial charge is 0.339 e. The third kappa shape index (κ3) is 5.08. The summed E-state index contributed by atoms with van der Waals surface area (Å²) in [4.78, 5) is 20.8. The maximum absolute atomic E-state index is 12.6. The molecule has 1 saturated heterocycles.